The van der Waals surface area contributed by atoms with Gasteiger partial charge in [-0.3, -0.25) is 4.79 Å². The van der Waals surface area contributed by atoms with E-state index in [-0.39, 0.29) is 12.5 Å². The van der Waals surface area contributed by atoms with Gasteiger partial charge in [-0.2, -0.15) is 0 Å². The van der Waals surface area contributed by atoms with Crippen molar-refractivity contribution in [3.63, 3.8) is 0 Å². The maximum atomic E-state index is 11.3. The average Bonchev–Trinajstić information content (AvgIpc) is 2.27. The van der Waals surface area contributed by atoms with Crippen LogP contribution in [0.25, 0.3) is 0 Å². The van der Waals surface area contributed by atoms with E-state index in [0.717, 1.165) is 0 Å². The Bertz CT molecular complexity index is 459. The maximum Gasteiger partial charge on any atom is 0.339 e. The summed E-state index contributed by atoms with van der Waals surface area (Å²) in [5, 5.41) is 2.66. The van der Waals surface area contributed by atoms with Crippen LogP contribution in [0.15, 0.2) is 12.3 Å². The Labute approximate surface area is 92.2 Å². The summed E-state index contributed by atoms with van der Waals surface area (Å²) in [6.45, 7) is 0.261. The Morgan fingerprint density at radius 3 is 3.06 bits per heavy atom. The predicted molar refractivity (Wildman–Crippen MR) is 57.5 cm³/mol. The van der Waals surface area contributed by atoms with Gasteiger partial charge in [0.25, 0.3) is 0 Å². The summed E-state index contributed by atoms with van der Waals surface area (Å²) in [7, 11) is 3.06. The van der Waals surface area contributed by atoms with Gasteiger partial charge in [0, 0.05) is 13.2 Å². The third-order valence-corrected chi connectivity index (χ3v) is 2.30. The molecule has 0 spiro atoms. The molecule has 84 valence electrons. The van der Waals surface area contributed by atoms with E-state index < -0.39 is 5.97 Å². The number of nitrogens with zero attached hydrogens (tertiary/aromatic N) is 2. The standard InChI is InChI=1S/C10H11N3O3/c1-13-5-8(14)12-7-3-6(10(15)16-2)4-11-9(7)13/h3-4H,5H2,1-2H3,(H,12,14). The summed E-state index contributed by atoms with van der Waals surface area (Å²) >= 11 is 0. The van der Waals surface area contributed by atoms with E-state index in [1.165, 1.54) is 13.3 Å². The van der Waals surface area contributed by atoms with Crippen LogP contribution in [-0.4, -0.2) is 37.6 Å². The van der Waals surface area contributed by atoms with Crippen molar-refractivity contribution in [1.29, 1.82) is 0 Å². The normalized spacial score (nSPS) is 14.1. The third-order valence-electron chi connectivity index (χ3n) is 2.30. The molecule has 1 amide bonds. The number of ether oxygens (including phenoxy) is 1. The first-order valence-corrected chi connectivity index (χ1v) is 4.71. The molecule has 1 aromatic rings. The fourth-order valence-electron chi connectivity index (χ4n) is 1.56. The summed E-state index contributed by atoms with van der Waals surface area (Å²) < 4.78 is 4.58. The van der Waals surface area contributed by atoms with Gasteiger partial charge in [0.15, 0.2) is 5.82 Å². The van der Waals surface area contributed by atoms with Crippen molar-refractivity contribution in [2.45, 2.75) is 0 Å². The lowest BCUT2D eigenvalue weighted by Gasteiger charge is -2.25. The lowest BCUT2D eigenvalue weighted by atomic mass is 10.2. The molecule has 1 aromatic heterocycles. The summed E-state index contributed by atoms with van der Waals surface area (Å²) in [5.41, 5.74) is 0.846. The van der Waals surface area contributed by atoms with E-state index in [2.05, 4.69) is 15.0 Å². The second-order valence-corrected chi connectivity index (χ2v) is 3.49. The molecule has 6 nitrogen and oxygen atoms in total. The molecule has 0 bridgehead atoms. The number of hydrogen-bond donors (Lipinski definition) is 1. The van der Waals surface area contributed by atoms with Gasteiger partial charge in [0.05, 0.1) is 24.9 Å². The fraction of sp³-hybridized carbons (Fsp3) is 0.300. The van der Waals surface area contributed by atoms with Gasteiger partial charge in [0.2, 0.25) is 5.91 Å². The summed E-state index contributed by atoms with van der Waals surface area (Å²) in [5.74, 6) is 0.0452. The molecule has 2 heterocycles. The number of amides is 1. The molecule has 0 saturated heterocycles. The first-order chi connectivity index (χ1) is 7.61. The zero-order valence-electron chi connectivity index (χ0n) is 8.98. The van der Waals surface area contributed by atoms with Gasteiger partial charge >= 0.3 is 5.97 Å². The van der Waals surface area contributed by atoms with Crippen LogP contribution < -0.4 is 10.2 Å². The number of anilines is 2. The van der Waals surface area contributed by atoms with Gasteiger partial charge < -0.3 is 15.0 Å². The summed E-state index contributed by atoms with van der Waals surface area (Å²) in [4.78, 5) is 28.4. The smallest absolute Gasteiger partial charge is 0.339 e. The Balaban J connectivity index is 2.41. The zero-order chi connectivity index (χ0) is 11.7. The Hall–Kier alpha value is -2.11. The highest BCUT2D eigenvalue weighted by atomic mass is 16.5. The minimum absolute atomic E-state index is 0.126. The van der Waals surface area contributed by atoms with Crippen LogP contribution in [0.4, 0.5) is 11.5 Å². The zero-order valence-corrected chi connectivity index (χ0v) is 8.98. The van der Waals surface area contributed by atoms with Crippen molar-refractivity contribution in [2.75, 3.05) is 30.9 Å². The molecule has 1 N–H and O–H groups in total. The SMILES string of the molecule is COC(=O)c1cnc2c(c1)NC(=O)CN2C. The van der Waals surface area contributed by atoms with E-state index in [4.69, 9.17) is 0 Å². The average molecular weight is 221 g/mol. The maximum absolute atomic E-state index is 11.3. The Morgan fingerprint density at radius 2 is 2.38 bits per heavy atom. The lowest BCUT2D eigenvalue weighted by molar-refractivity contribution is -0.115. The van der Waals surface area contributed by atoms with E-state index >= 15 is 0 Å². The van der Waals surface area contributed by atoms with Gasteiger partial charge in [-0.15, -0.1) is 0 Å². The number of methoxy groups -OCH3 is 1. The van der Waals surface area contributed by atoms with Crippen LogP contribution in [0.1, 0.15) is 10.4 Å². The number of pyridine rings is 1. The van der Waals surface area contributed by atoms with Crippen LogP contribution in [-0.2, 0) is 9.53 Å². The van der Waals surface area contributed by atoms with Crippen molar-refractivity contribution < 1.29 is 14.3 Å². The fourth-order valence-corrected chi connectivity index (χ4v) is 1.56. The molecule has 0 unspecified atom stereocenters. The molecule has 0 fully saturated rings. The second-order valence-electron chi connectivity index (χ2n) is 3.49. The van der Waals surface area contributed by atoms with Crippen LogP contribution in [0.2, 0.25) is 0 Å². The number of hydrogen-bond acceptors (Lipinski definition) is 5. The molecule has 0 saturated carbocycles. The van der Waals surface area contributed by atoms with E-state index in [9.17, 15) is 9.59 Å². The van der Waals surface area contributed by atoms with E-state index in [1.54, 1.807) is 18.0 Å². The van der Waals surface area contributed by atoms with Gasteiger partial charge in [-0.25, -0.2) is 9.78 Å². The monoisotopic (exact) mass is 221 g/mol. The molecular weight excluding hydrogens is 210 g/mol. The molecule has 16 heavy (non-hydrogen) atoms. The molecule has 2 rings (SSSR count). The van der Waals surface area contributed by atoms with Gasteiger partial charge in [-0.05, 0) is 6.07 Å². The second kappa shape index (κ2) is 3.80. The number of aromatic nitrogens is 1. The molecule has 0 aromatic carbocycles. The number of esters is 1. The number of rotatable bonds is 1. The van der Waals surface area contributed by atoms with Crippen molar-refractivity contribution >= 4 is 23.4 Å². The Kier molecular flexibility index (Phi) is 2.47. The number of carbonyl (C=O) groups excluding carboxylic acids is 2. The van der Waals surface area contributed by atoms with Crippen molar-refractivity contribution in [1.82, 2.24) is 4.98 Å². The molecule has 0 radical (unpaired) electrons. The highest BCUT2D eigenvalue weighted by molar-refractivity contribution is 6.01. The molecule has 1 aliphatic heterocycles. The van der Waals surface area contributed by atoms with Crippen LogP contribution >= 0.6 is 0 Å². The largest absolute Gasteiger partial charge is 0.465 e. The molecular formula is C10H11N3O3. The van der Waals surface area contributed by atoms with E-state index in [1.807, 2.05) is 0 Å². The highest BCUT2D eigenvalue weighted by Gasteiger charge is 2.21. The minimum atomic E-state index is -0.474. The topological polar surface area (TPSA) is 71.5 Å². The number of likely N-dealkylation sites (N-methyl/N-ethyl adjacent to an activating group) is 1. The highest BCUT2D eigenvalue weighted by Crippen LogP contribution is 2.26. The van der Waals surface area contributed by atoms with E-state index in [0.29, 0.717) is 17.1 Å². The molecule has 6 heteroatoms. The van der Waals surface area contributed by atoms with Crippen molar-refractivity contribution in [3.8, 4) is 0 Å². The Morgan fingerprint density at radius 1 is 1.62 bits per heavy atom. The van der Waals surface area contributed by atoms with Crippen molar-refractivity contribution in [3.05, 3.63) is 17.8 Å². The lowest BCUT2D eigenvalue weighted by Crippen LogP contribution is -2.36. The predicted octanol–water partition coefficient (Wildman–Crippen LogP) is 0.257. The van der Waals surface area contributed by atoms with Crippen molar-refractivity contribution in [2.24, 2.45) is 0 Å². The number of fused-ring (bicyclic) bond motifs is 1. The molecule has 0 aliphatic carbocycles. The molecule has 1 aliphatic rings. The first-order valence-electron chi connectivity index (χ1n) is 4.71. The number of nitrogens with one attached hydrogen (secondary N) is 1. The van der Waals surface area contributed by atoms with Gasteiger partial charge in [0.1, 0.15) is 0 Å². The van der Waals surface area contributed by atoms with Crippen LogP contribution in [0.3, 0.4) is 0 Å². The summed E-state index contributed by atoms with van der Waals surface area (Å²) in [6, 6.07) is 1.56. The third kappa shape index (κ3) is 1.69. The number of carbonyl (C=O) groups is 2. The van der Waals surface area contributed by atoms with Gasteiger partial charge in [-0.1, -0.05) is 0 Å². The van der Waals surface area contributed by atoms with Crippen LogP contribution in [0.5, 0.6) is 0 Å². The summed E-state index contributed by atoms with van der Waals surface area (Å²) in [6.07, 6.45) is 1.43. The minimum Gasteiger partial charge on any atom is -0.465 e. The quantitative estimate of drug-likeness (QED) is 0.688. The van der Waals surface area contributed by atoms with Crippen LogP contribution in [0, 0.1) is 0 Å². The molecule has 0 atom stereocenters. The first kappa shape index (κ1) is 10.4.